The first kappa shape index (κ1) is 14.9. The second kappa shape index (κ2) is 6.07. The van der Waals surface area contributed by atoms with Crippen LogP contribution in [-0.4, -0.2) is 31.4 Å². The molecule has 0 aliphatic heterocycles. The van der Waals surface area contributed by atoms with Gasteiger partial charge in [-0.15, -0.1) is 0 Å². The van der Waals surface area contributed by atoms with Gasteiger partial charge in [-0.05, 0) is 19.1 Å². The third-order valence-corrected chi connectivity index (χ3v) is 3.32. The fraction of sp³-hybridized carbons (Fsp3) is 0.133. The van der Waals surface area contributed by atoms with E-state index < -0.39 is 0 Å². The SMILES string of the molecule is Cc1cc(-c2noc(CNC(=O)c3cc(-c4ccco4)[nH]n3)n2)no1. The molecule has 126 valence electrons. The normalized spacial score (nSPS) is 10.9. The third kappa shape index (κ3) is 3.04. The minimum Gasteiger partial charge on any atom is -0.463 e. The molecule has 0 saturated heterocycles. The van der Waals surface area contributed by atoms with Crippen LogP contribution in [0.3, 0.4) is 0 Å². The van der Waals surface area contributed by atoms with E-state index in [9.17, 15) is 4.79 Å². The number of furan rings is 1. The molecular formula is C15H12N6O4. The number of hydrogen-bond acceptors (Lipinski definition) is 8. The number of aryl methyl sites for hydroxylation is 1. The molecule has 25 heavy (non-hydrogen) atoms. The summed E-state index contributed by atoms with van der Waals surface area (Å²) in [6, 6.07) is 6.79. The second-order valence-electron chi connectivity index (χ2n) is 5.16. The Morgan fingerprint density at radius 3 is 2.96 bits per heavy atom. The lowest BCUT2D eigenvalue weighted by Gasteiger charge is -1.97. The van der Waals surface area contributed by atoms with Gasteiger partial charge in [0, 0.05) is 12.1 Å². The number of carbonyl (C=O) groups excluding carboxylic acids is 1. The van der Waals surface area contributed by atoms with E-state index in [4.69, 9.17) is 13.5 Å². The maximum atomic E-state index is 12.1. The monoisotopic (exact) mass is 340 g/mol. The predicted molar refractivity (Wildman–Crippen MR) is 82.0 cm³/mol. The topological polar surface area (TPSA) is 136 Å². The van der Waals surface area contributed by atoms with E-state index in [1.807, 2.05) is 0 Å². The van der Waals surface area contributed by atoms with Gasteiger partial charge in [0.2, 0.25) is 11.7 Å². The molecule has 0 radical (unpaired) electrons. The first-order chi connectivity index (χ1) is 12.2. The van der Waals surface area contributed by atoms with Gasteiger partial charge in [0.25, 0.3) is 5.91 Å². The standard InChI is InChI=1S/C15H12N6O4/c1-8-5-10(20-24-8)14-17-13(25-21-14)7-16-15(22)11-6-9(18-19-11)12-3-2-4-23-12/h2-6H,7H2,1H3,(H,16,22)(H,18,19). The van der Waals surface area contributed by atoms with Crippen LogP contribution in [0.15, 0.2) is 44.0 Å². The summed E-state index contributed by atoms with van der Waals surface area (Å²) in [7, 11) is 0. The van der Waals surface area contributed by atoms with Crippen molar-refractivity contribution in [3.05, 3.63) is 47.9 Å². The molecule has 0 unspecified atom stereocenters. The van der Waals surface area contributed by atoms with Gasteiger partial charge in [-0.3, -0.25) is 9.89 Å². The molecule has 4 rings (SSSR count). The van der Waals surface area contributed by atoms with Crippen LogP contribution in [0.2, 0.25) is 0 Å². The summed E-state index contributed by atoms with van der Waals surface area (Å²) in [4.78, 5) is 16.3. The third-order valence-electron chi connectivity index (χ3n) is 3.32. The maximum Gasteiger partial charge on any atom is 0.272 e. The molecule has 10 nitrogen and oxygen atoms in total. The van der Waals surface area contributed by atoms with Crippen LogP contribution in [0.5, 0.6) is 0 Å². The van der Waals surface area contributed by atoms with E-state index in [1.54, 1.807) is 37.5 Å². The van der Waals surface area contributed by atoms with Crippen LogP contribution in [0.1, 0.15) is 22.1 Å². The largest absolute Gasteiger partial charge is 0.463 e. The van der Waals surface area contributed by atoms with Gasteiger partial charge in [0.1, 0.15) is 11.5 Å². The molecule has 2 N–H and O–H groups in total. The summed E-state index contributed by atoms with van der Waals surface area (Å²) in [5, 5.41) is 16.9. The van der Waals surface area contributed by atoms with Crippen LogP contribution in [0.25, 0.3) is 23.0 Å². The van der Waals surface area contributed by atoms with Gasteiger partial charge in [-0.2, -0.15) is 10.1 Å². The fourth-order valence-electron chi connectivity index (χ4n) is 2.15. The van der Waals surface area contributed by atoms with Crippen molar-refractivity contribution in [2.75, 3.05) is 0 Å². The lowest BCUT2D eigenvalue weighted by atomic mass is 10.3. The first-order valence-corrected chi connectivity index (χ1v) is 7.33. The zero-order chi connectivity index (χ0) is 17.2. The number of carbonyl (C=O) groups is 1. The number of amides is 1. The molecule has 4 aromatic rings. The molecular weight excluding hydrogens is 328 g/mol. The Morgan fingerprint density at radius 1 is 1.28 bits per heavy atom. The number of rotatable bonds is 5. The highest BCUT2D eigenvalue weighted by atomic mass is 16.5. The first-order valence-electron chi connectivity index (χ1n) is 7.33. The molecule has 0 atom stereocenters. The number of H-pyrrole nitrogens is 1. The summed E-state index contributed by atoms with van der Waals surface area (Å²) in [5.74, 6) is 1.38. The summed E-state index contributed by atoms with van der Waals surface area (Å²) in [6.07, 6.45) is 1.54. The van der Waals surface area contributed by atoms with E-state index in [1.165, 1.54) is 0 Å². The molecule has 10 heteroatoms. The summed E-state index contributed by atoms with van der Waals surface area (Å²) in [6.45, 7) is 1.82. The van der Waals surface area contributed by atoms with E-state index in [-0.39, 0.29) is 24.0 Å². The highest BCUT2D eigenvalue weighted by Gasteiger charge is 2.16. The van der Waals surface area contributed by atoms with E-state index in [0.29, 0.717) is 28.7 Å². The van der Waals surface area contributed by atoms with Gasteiger partial charge in [-0.25, -0.2) is 0 Å². The average molecular weight is 340 g/mol. The van der Waals surface area contributed by atoms with Gasteiger partial charge >= 0.3 is 0 Å². The Balaban J connectivity index is 1.40. The number of hydrogen-bond donors (Lipinski definition) is 2. The Hall–Kier alpha value is -3.69. The van der Waals surface area contributed by atoms with Crippen molar-refractivity contribution >= 4 is 5.91 Å². The summed E-state index contributed by atoms with van der Waals surface area (Å²) < 4.78 is 15.3. The van der Waals surface area contributed by atoms with Crippen molar-refractivity contribution in [2.24, 2.45) is 0 Å². The Kier molecular flexibility index (Phi) is 3.61. The zero-order valence-electron chi connectivity index (χ0n) is 13.0. The van der Waals surface area contributed by atoms with E-state index in [0.717, 1.165) is 0 Å². The molecule has 1 amide bonds. The lowest BCUT2D eigenvalue weighted by Crippen LogP contribution is -2.23. The highest BCUT2D eigenvalue weighted by molar-refractivity contribution is 5.93. The van der Waals surface area contributed by atoms with Crippen LogP contribution < -0.4 is 5.32 Å². The molecule has 4 aromatic heterocycles. The molecule has 0 aromatic carbocycles. The van der Waals surface area contributed by atoms with E-state index >= 15 is 0 Å². The molecule has 4 heterocycles. The smallest absolute Gasteiger partial charge is 0.272 e. The predicted octanol–water partition coefficient (Wildman–Crippen LogP) is 1.95. The van der Waals surface area contributed by atoms with Crippen molar-refractivity contribution in [1.82, 2.24) is 30.8 Å². The second-order valence-corrected chi connectivity index (χ2v) is 5.16. The van der Waals surface area contributed by atoms with Crippen molar-refractivity contribution in [3.8, 4) is 23.0 Å². The van der Waals surface area contributed by atoms with Crippen LogP contribution in [0.4, 0.5) is 0 Å². The van der Waals surface area contributed by atoms with Gasteiger partial charge in [0.15, 0.2) is 17.1 Å². The molecule has 0 saturated carbocycles. The number of aromatic nitrogens is 5. The van der Waals surface area contributed by atoms with Crippen molar-refractivity contribution in [3.63, 3.8) is 0 Å². The summed E-state index contributed by atoms with van der Waals surface area (Å²) >= 11 is 0. The zero-order valence-corrected chi connectivity index (χ0v) is 13.0. The van der Waals surface area contributed by atoms with Gasteiger partial charge in [0.05, 0.1) is 12.8 Å². The summed E-state index contributed by atoms with van der Waals surface area (Å²) in [5.41, 5.74) is 1.30. The molecule has 0 aliphatic rings. The number of nitrogens with one attached hydrogen (secondary N) is 2. The minimum absolute atomic E-state index is 0.0611. The Labute approximate surface area is 140 Å². The van der Waals surface area contributed by atoms with Crippen LogP contribution >= 0.6 is 0 Å². The molecule has 0 bridgehead atoms. The molecule has 0 fully saturated rings. The quantitative estimate of drug-likeness (QED) is 0.562. The number of aromatic amines is 1. The highest BCUT2D eigenvalue weighted by Crippen LogP contribution is 2.18. The number of nitrogens with zero attached hydrogens (tertiary/aromatic N) is 4. The van der Waals surface area contributed by atoms with Gasteiger partial charge in [-0.1, -0.05) is 10.3 Å². The Morgan fingerprint density at radius 2 is 2.20 bits per heavy atom. The fourth-order valence-corrected chi connectivity index (χ4v) is 2.15. The minimum atomic E-state index is -0.383. The molecule has 0 aliphatic carbocycles. The Bertz CT molecular complexity index is 997. The van der Waals surface area contributed by atoms with Crippen molar-refractivity contribution < 1.29 is 18.3 Å². The van der Waals surface area contributed by atoms with E-state index in [2.05, 4.69) is 30.8 Å². The maximum absolute atomic E-state index is 12.1. The average Bonchev–Trinajstić information content (AvgIpc) is 3.38. The van der Waals surface area contributed by atoms with Crippen molar-refractivity contribution in [2.45, 2.75) is 13.5 Å². The van der Waals surface area contributed by atoms with Crippen LogP contribution in [0, 0.1) is 6.92 Å². The van der Waals surface area contributed by atoms with Crippen molar-refractivity contribution in [1.29, 1.82) is 0 Å². The molecule has 0 spiro atoms. The van der Waals surface area contributed by atoms with Crippen LogP contribution in [-0.2, 0) is 6.54 Å². The van der Waals surface area contributed by atoms with Gasteiger partial charge < -0.3 is 18.8 Å². The lowest BCUT2D eigenvalue weighted by molar-refractivity contribution is 0.0941.